The lowest BCUT2D eigenvalue weighted by Crippen LogP contribution is -2.24. The Balaban J connectivity index is 2.08. The number of methoxy groups -OCH3 is 1. The van der Waals surface area contributed by atoms with Crippen molar-refractivity contribution in [2.24, 2.45) is 0 Å². The third kappa shape index (κ3) is 5.08. The first-order valence-electron chi connectivity index (χ1n) is 8.08. The number of nitrogens with one attached hydrogen (secondary N) is 1. The molecule has 0 aliphatic rings. The van der Waals surface area contributed by atoms with Gasteiger partial charge in [-0.25, -0.2) is 13.1 Å². The maximum Gasteiger partial charge on any atom is 0.240 e. The predicted octanol–water partition coefficient (Wildman–Crippen LogP) is 3.62. The molecular formula is C18H23IN2O3S. The van der Waals surface area contributed by atoms with Gasteiger partial charge in [-0.15, -0.1) is 0 Å². The predicted molar refractivity (Wildman–Crippen MR) is 110 cm³/mol. The summed E-state index contributed by atoms with van der Waals surface area (Å²) in [6, 6.07) is 12.8. The normalized spacial score (nSPS) is 11.4. The Bertz CT molecular complexity index is 804. The van der Waals surface area contributed by atoms with Gasteiger partial charge in [-0.1, -0.05) is 12.1 Å². The largest absolute Gasteiger partial charge is 0.496 e. The van der Waals surface area contributed by atoms with Gasteiger partial charge in [0.25, 0.3) is 0 Å². The highest BCUT2D eigenvalue weighted by molar-refractivity contribution is 14.1. The first kappa shape index (κ1) is 20.0. The fraction of sp³-hybridized carbons (Fsp3) is 0.333. The second kappa shape index (κ2) is 8.86. The second-order valence-corrected chi connectivity index (χ2v) is 8.39. The summed E-state index contributed by atoms with van der Waals surface area (Å²) in [5, 5.41) is 0. The van der Waals surface area contributed by atoms with Gasteiger partial charge in [0, 0.05) is 25.3 Å². The summed E-state index contributed by atoms with van der Waals surface area (Å²) in [4.78, 5) is 2.48. The Morgan fingerprint density at radius 2 is 1.72 bits per heavy atom. The Labute approximate surface area is 163 Å². The van der Waals surface area contributed by atoms with E-state index in [-0.39, 0.29) is 11.4 Å². The van der Waals surface area contributed by atoms with E-state index >= 15 is 0 Å². The molecule has 7 heteroatoms. The lowest BCUT2D eigenvalue weighted by atomic mass is 10.2. The summed E-state index contributed by atoms with van der Waals surface area (Å²) in [5.41, 5.74) is 2.06. The zero-order chi connectivity index (χ0) is 18.4. The average molecular weight is 474 g/mol. The fourth-order valence-corrected chi connectivity index (χ4v) is 4.48. The highest BCUT2D eigenvalue weighted by Crippen LogP contribution is 2.24. The van der Waals surface area contributed by atoms with Crippen molar-refractivity contribution < 1.29 is 13.2 Å². The van der Waals surface area contributed by atoms with Crippen LogP contribution in [0.5, 0.6) is 5.75 Å². The van der Waals surface area contributed by atoms with Crippen LogP contribution in [0.25, 0.3) is 0 Å². The van der Waals surface area contributed by atoms with Crippen LogP contribution in [0.1, 0.15) is 19.4 Å². The monoisotopic (exact) mass is 474 g/mol. The minimum Gasteiger partial charge on any atom is -0.496 e. The maximum absolute atomic E-state index is 12.5. The molecule has 0 saturated carbocycles. The van der Waals surface area contributed by atoms with Gasteiger partial charge in [-0.05, 0) is 72.3 Å². The molecule has 1 N–H and O–H groups in total. The average Bonchev–Trinajstić information content (AvgIpc) is 2.62. The molecule has 0 bridgehead atoms. The van der Waals surface area contributed by atoms with Crippen molar-refractivity contribution in [1.82, 2.24) is 4.72 Å². The zero-order valence-electron chi connectivity index (χ0n) is 14.6. The molecule has 0 aliphatic carbocycles. The van der Waals surface area contributed by atoms with Crippen molar-refractivity contribution in [3.05, 3.63) is 51.6 Å². The van der Waals surface area contributed by atoms with Gasteiger partial charge >= 0.3 is 0 Å². The molecule has 0 atom stereocenters. The molecule has 0 unspecified atom stereocenters. The van der Waals surface area contributed by atoms with E-state index in [2.05, 4.69) is 46.1 Å². The van der Waals surface area contributed by atoms with Crippen molar-refractivity contribution in [2.75, 3.05) is 25.1 Å². The van der Waals surface area contributed by atoms with Gasteiger partial charge in [-0.2, -0.15) is 0 Å². The van der Waals surface area contributed by atoms with Crippen LogP contribution in [0.3, 0.4) is 0 Å². The second-order valence-electron chi connectivity index (χ2n) is 5.46. The number of halogens is 1. The standard InChI is InChI=1S/C18H23IN2O3S/c1-4-21(5-2)15-8-6-14(7-9-15)13-20-25(22,23)16-10-11-18(24-3)17(19)12-16/h6-12,20H,4-5,13H2,1-3H3. The van der Waals surface area contributed by atoms with Crippen molar-refractivity contribution in [3.63, 3.8) is 0 Å². The molecule has 5 nitrogen and oxygen atoms in total. The first-order valence-corrected chi connectivity index (χ1v) is 10.6. The summed E-state index contributed by atoms with van der Waals surface area (Å²) in [6.07, 6.45) is 0. The van der Waals surface area contributed by atoms with Crippen molar-refractivity contribution in [3.8, 4) is 5.75 Å². The van der Waals surface area contributed by atoms with Crippen LogP contribution in [-0.4, -0.2) is 28.6 Å². The van der Waals surface area contributed by atoms with Gasteiger partial charge in [-0.3, -0.25) is 0 Å². The summed E-state index contributed by atoms with van der Waals surface area (Å²) in [7, 11) is -2.00. The van der Waals surface area contributed by atoms with E-state index in [0.717, 1.165) is 27.9 Å². The number of hydrogen-bond donors (Lipinski definition) is 1. The van der Waals surface area contributed by atoms with Crippen LogP contribution in [0.15, 0.2) is 47.4 Å². The Morgan fingerprint density at radius 3 is 2.24 bits per heavy atom. The van der Waals surface area contributed by atoms with Crippen LogP contribution >= 0.6 is 22.6 Å². The van der Waals surface area contributed by atoms with Crippen LogP contribution < -0.4 is 14.4 Å². The molecule has 0 amide bonds. The third-order valence-corrected chi connectivity index (χ3v) is 6.21. The molecule has 2 aromatic carbocycles. The fourth-order valence-electron chi connectivity index (χ4n) is 2.49. The lowest BCUT2D eigenvalue weighted by molar-refractivity contribution is 0.411. The minimum atomic E-state index is -3.56. The van der Waals surface area contributed by atoms with Gasteiger partial charge in [0.2, 0.25) is 10.0 Å². The molecule has 0 aromatic heterocycles. The first-order chi connectivity index (χ1) is 11.9. The van der Waals surface area contributed by atoms with E-state index in [0.29, 0.717) is 5.75 Å². The van der Waals surface area contributed by atoms with Gasteiger partial charge < -0.3 is 9.64 Å². The summed E-state index contributed by atoms with van der Waals surface area (Å²) < 4.78 is 33.5. The molecule has 136 valence electrons. The zero-order valence-corrected chi connectivity index (χ0v) is 17.6. The summed E-state index contributed by atoms with van der Waals surface area (Å²) >= 11 is 2.06. The van der Waals surface area contributed by atoms with E-state index in [4.69, 9.17) is 4.74 Å². The van der Waals surface area contributed by atoms with E-state index in [1.54, 1.807) is 25.3 Å². The SMILES string of the molecule is CCN(CC)c1ccc(CNS(=O)(=O)c2ccc(OC)c(I)c2)cc1. The number of benzene rings is 2. The number of sulfonamides is 1. The highest BCUT2D eigenvalue weighted by atomic mass is 127. The number of anilines is 1. The molecule has 2 rings (SSSR count). The molecule has 2 aromatic rings. The summed E-state index contributed by atoms with van der Waals surface area (Å²) in [5.74, 6) is 0.659. The molecule has 0 heterocycles. The van der Waals surface area contributed by atoms with E-state index in [1.165, 1.54) is 0 Å². The molecule has 0 saturated heterocycles. The van der Waals surface area contributed by atoms with Crippen LogP contribution in [-0.2, 0) is 16.6 Å². The topological polar surface area (TPSA) is 58.6 Å². The molecule has 0 radical (unpaired) electrons. The number of nitrogens with zero attached hydrogens (tertiary/aromatic N) is 1. The Hall–Kier alpha value is -1.32. The summed E-state index contributed by atoms with van der Waals surface area (Å²) in [6.45, 7) is 6.37. The molecule has 0 fully saturated rings. The van der Waals surface area contributed by atoms with E-state index in [1.807, 2.05) is 24.3 Å². The maximum atomic E-state index is 12.5. The number of rotatable bonds is 8. The molecule has 0 aliphatic heterocycles. The Kier molecular flexibility index (Phi) is 7.09. The molecular weight excluding hydrogens is 451 g/mol. The molecule has 25 heavy (non-hydrogen) atoms. The van der Waals surface area contributed by atoms with Crippen molar-refractivity contribution >= 4 is 38.3 Å². The van der Waals surface area contributed by atoms with Gasteiger partial charge in [0.15, 0.2) is 0 Å². The molecule has 0 spiro atoms. The van der Waals surface area contributed by atoms with Crippen molar-refractivity contribution in [1.29, 1.82) is 0 Å². The van der Waals surface area contributed by atoms with E-state index in [9.17, 15) is 8.42 Å². The number of hydrogen-bond acceptors (Lipinski definition) is 4. The van der Waals surface area contributed by atoms with Gasteiger partial charge in [0.05, 0.1) is 15.6 Å². The minimum absolute atomic E-state index is 0.234. The van der Waals surface area contributed by atoms with Gasteiger partial charge in [0.1, 0.15) is 5.75 Å². The smallest absolute Gasteiger partial charge is 0.240 e. The van der Waals surface area contributed by atoms with Crippen molar-refractivity contribution in [2.45, 2.75) is 25.3 Å². The number of ether oxygens (including phenoxy) is 1. The van der Waals surface area contributed by atoms with Crippen LogP contribution in [0.4, 0.5) is 5.69 Å². The van der Waals surface area contributed by atoms with Crippen LogP contribution in [0, 0.1) is 3.57 Å². The Morgan fingerprint density at radius 1 is 1.08 bits per heavy atom. The quantitative estimate of drug-likeness (QED) is 0.594. The van der Waals surface area contributed by atoms with E-state index < -0.39 is 10.0 Å². The highest BCUT2D eigenvalue weighted by Gasteiger charge is 2.15. The van der Waals surface area contributed by atoms with Crippen LogP contribution in [0.2, 0.25) is 0 Å². The lowest BCUT2D eigenvalue weighted by Gasteiger charge is -2.21. The third-order valence-electron chi connectivity index (χ3n) is 3.96.